The van der Waals surface area contributed by atoms with Crippen LogP contribution in [-0.2, 0) is 27.9 Å². The van der Waals surface area contributed by atoms with Gasteiger partial charge in [-0.25, -0.2) is 14.0 Å². The number of rotatable bonds is 14. The quantitative estimate of drug-likeness (QED) is 0.131. The molecule has 3 heterocycles. The molecule has 2 aromatic heterocycles. The Morgan fingerprint density at radius 2 is 1.68 bits per heavy atom. The van der Waals surface area contributed by atoms with E-state index in [1.165, 1.54) is 39.8 Å². The van der Waals surface area contributed by atoms with Gasteiger partial charge in [0.15, 0.2) is 5.79 Å². The molecule has 0 spiro atoms. The van der Waals surface area contributed by atoms with Crippen LogP contribution in [0.3, 0.4) is 0 Å². The average molecular weight is 690 g/mol. The first-order valence-corrected chi connectivity index (χ1v) is 16.4. The maximum atomic E-state index is 14.0. The third kappa shape index (κ3) is 7.98. The van der Waals surface area contributed by atoms with Crippen LogP contribution < -0.4 is 21.1 Å². The molecular formula is C36H38F3N7O4. The minimum Gasteiger partial charge on any atom is -0.491 e. The topological polar surface area (TPSA) is 117 Å². The van der Waals surface area contributed by atoms with E-state index in [0.29, 0.717) is 24.4 Å². The zero-order chi connectivity index (χ0) is 35.1. The van der Waals surface area contributed by atoms with Crippen molar-refractivity contribution in [3.8, 4) is 11.4 Å². The number of alkyl halides is 3. The highest BCUT2D eigenvalue weighted by atomic mass is 19.4. The summed E-state index contributed by atoms with van der Waals surface area (Å²) in [5.41, 5.74) is 2.09. The van der Waals surface area contributed by atoms with Crippen molar-refractivity contribution in [2.24, 2.45) is 0 Å². The van der Waals surface area contributed by atoms with Crippen LogP contribution in [0.5, 0.6) is 5.75 Å². The van der Waals surface area contributed by atoms with Crippen LogP contribution in [0.1, 0.15) is 43.0 Å². The lowest BCUT2D eigenvalue weighted by Crippen LogP contribution is -2.34. The molecule has 0 saturated carbocycles. The Balaban J connectivity index is 0.996. The van der Waals surface area contributed by atoms with Crippen LogP contribution in [0, 0.1) is 0 Å². The fourth-order valence-electron chi connectivity index (χ4n) is 5.71. The summed E-state index contributed by atoms with van der Waals surface area (Å²) in [6, 6.07) is 22.0. The van der Waals surface area contributed by atoms with E-state index in [1.807, 2.05) is 62.4 Å². The van der Waals surface area contributed by atoms with Crippen molar-refractivity contribution >= 4 is 11.4 Å². The van der Waals surface area contributed by atoms with Crippen molar-refractivity contribution in [3.63, 3.8) is 0 Å². The van der Waals surface area contributed by atoms with Gasteiger partial charge in [-0.05, 0) is 79.6 Å². The molecule has 3 aromatic carbocycles. The van der Waals surface area contributed by atoms with Gasteiger partial charge in [-0.3, -0.25) is 0 Å². The fourth-order valence-corrected chi connectivity index (χ4v) is 5.71. The largest absolute Gasteiger partial charge is 0.491 e. The van der Waals surface area contributed by atoms with Gasteiger partial charge in [-0.15, -0.1) is 0 Å². The molecule has 5 aromatic rings. The second kappa shape index (κ2) is 15.1. The van der Waals surface area contributed by atoms with E-state index in [-0.39, 0.29) is 36.9 Å². The number of hydrogen-bond donors (Lipinski definition) is 2. The molecule has 2 N–H and O–H groups in total. The number of anilines is 2. The number of nitrogens with one attached hydrogen (secondary N) is 2. The van der Waals surface area contributed by atoms with Crippen molar-refractivity contribution in [2.45, 2.75) is 50.8 Å². The van der Waals surface area contributed by atoms with Crippen molar-refractivity contribution in [2.75, 3.05) is 36.9 Å². The predicted molar refractivity (Wildman–Crippen MR) is 181 cm³/mol. The lowest BCUT2D eigenvalue weighted by atomic mass is 9.94. The van der Waals surface area contributed by atoms with Gasteiger partial charge in [0.1, 0.15) is 24.8 Å². The first-order chi connectivity index (χ1) is 24.1. The molecule has 0 amide bonds. The molecule has 1 fully saturated rings. The lowest BCUT2D eigenvalue weighted by molar-refractivity contribution is -0.188. The molecule has 1 aliphatic rings. The van der Waals surface area contributed by atoms with E-state index in [1.54, 1.807) is 12.4 Å². The molecule has 0 radical (unpaired) electrons. The minimum absolute atomic E-state index is 0.0128. The van der Waals surface area contributed by atoms with Gasteiger partial charge in [0, 0.05) is 42.6 Å². The Morgan fingerprint density at radius 3 is 2.34 bits per heavy atom. The Hall–Kier alpha value is -5.21. The number of aromatic nitrogens is 5. The van der Waals surface area contributed by atoms with Crippen molar-refractivity contribution in [1.82, 2.24) is 24.5 Å². The first kappa shape index (κ1) is 34.6. The summed E-state index contributed by atoms with van der Waals surface area (Å²) < 4.78 is 63.3. The highest BCUT2D eigenvalue weighted by Crippen LogP contribution is 2.44. The lowest BCUT2D eigenvalue weighted by Gasteiger charge is -2.31. The number of benzene rings is 3. The molecule has 1 saturated heterocycles. The summed E-state index contributed by atoms with van der Waals surface area (Å²) in [6.07, 6.45) is 0.116. The second-order valence-corrected chi connectivity index (χ2v) is 12.0. The van der Waals surface area contributed by atoms with Gasteiger partial charge < -0.3 is 24.8 Å². The van der Waals surface area contributed by atoms with E-state index >= 15 is 0 Å². The molecule has 11 nitrogen and oxygen atoms in total. The molecule has 6 rings (SSSR count). The van der Waals surface area contributed by atoms with Crippen molar-refractivity contribution in [3.05, 3.63) is 125 Å². The Kier molecular flexibility index (Phi) is 10.5. The van der Waals surface area contributed by atoms with Gasteiger partial charge >= 0.3 is 11.9 Å². The van der Waals surface area contributed by atoms with Gasteiger partial charge in [0.25, 0.3) is 0 Å². The van der Waals surface area contributed by atoms with Crippen LogP contribution in [0.25, 0.3) is 5.69 Å². The van der Waals surface area contributed by atoms with Gasteiger partial charge in [0.2, 0.25) is 0 Å². The Morgan fingerprint density at radius 1 is 0.980 bits per heavy atom. The molecule has 1 aliphatic heterocycles. The van der Waals surface area contributed by atoms with Gasteiger partial charge in [-0.1, -0.05) is 25.1 Å². The van der Waals surface area contributed by atoms with Crippen molar-refractivity contribution < 1.29 is 27.4 Å². The number of ether oxygens (including phenoxy) is 3. The number of halogens is 3. The molecule has 50 heavy (non-hydrogen) atoms. The van der Waals surface area contributed by atoms with Crippen molar-refractivity contribution in [1.29, 1.82) is 0 Å². The van der Waals surface area contributed by atoms with Gasteiger partial charge in [0.05, 0.1) is 30.1 Å². The highest BCUT2D eigenvalue weighted by Gasteiger charge is 2.48. The summed E-state index contributed by atoms with van der Waals surface area (Å²) >= 11 is 0. The minimum atomic E-state index is -4.60. The summed E-state index contributed by atoms with van der Waals surface area (Å²) in [5.74, 6) is -1.10. The normalized spacial score (nSPS) is 18.1. The SMILES string of the molecule is CCC(C)n1ncn(-c2ccc(NCCNc3ccc(OC[C@@H]4CO[C@@](Cc5ccnnc5)(c5ccccc5C(F)(F)F)O4)cc3)cc2)c1=O. The van der Waals surface area contributed by atoms with E-state index in [9.17, 15) is 18.0 Å². The zero-order valence-electron chi connectivity index (χ0n) is 27.6. The molecule has 0 bridgehead atoms. The van der Waals surface area contributed by atoms with Crippen LogP contribution in [0.2, 0.25) is 0 Å². The molecule has 262 valence electrons. The van der Waals surface area contributed by atoms with E-state index in [2.05, 4.69) is 25.9 Å². The van der Waals surface area contributed by atoms with Crippen LogP contribution in [0.15, 0.2) is 102 Å². The molecular weight excluding hydrogens is 651 g/mol. The maximum absolute atomic E-state index is 14.0. The summed E-state index contributed by atoms with van der Waals surface area (Å²) in [6.45, 7) is 5.40. The number of nitrogens with zero attached hydrogens (tertiary/aromatic N) is 5. The smallest absolute Gasteiger partial charge is 0.416 e. The summed E-state index contributed by atoms with van der Waals surface area (Å²) in [5, 5.41) is 18.6. The highest BCUT2D eigenvalue weighted by molar-refractivity contribution is 5.50. The van der Waals surface area contributed by atoms with Crippen LogP contribution in [0.4, 0.5) is 24.5 Å². The third-order valence-corrected chi connectivity index (χ3v) is 8.51. The van der Waals surface area contributed by atoms with E-state index < -0.39 is 23.6 Å². The first-order valence-electron chi connectivity index (χ1n) is 16.4. The Bertz CT molecular complexity index is 1900. The number of hydrogen-bond acceptors (Lipinski definition) is 9. The van der Waals surface area contributed by atoms with Crippen LogP contribution >= 0.6 is 0 Å². The summed E-state index contributed by atoms with van der Waals surface area (Å²) in [4.78, 5) is 12.7. The van der Waals surface area contributed by atoms with E-state index in [0.717, 1.165) is 29.5 Å². The second-order valence-electron chi connectivity index (χ2n) is 12.0. The average Bonchev–Trinajstić information content (AvgIpc) is 3.73. The fraction of sp³-hybridized carbons (Fsp3) is 0.333. The predicted octanol–water partition coefficient (Wildman–Crippen LogP) is 6.23. The third-order valence-electron chi connectivity index (χ3n) is 8.51. The van der Waals surface area contributed by atoms with Crippen LogP contribution in [-0.4, -0.2) is 57.0 Å². The molecule has 0 aliphatic carbocycles. The monoisotopic (exact) mass is 689 g/mol. The maximum Gasteiger partial charge on any atom is 0.416 e. The molecule has 3 atom stereocenters. The summed E-state index contributed by atoms with van der Waals surface area (Å²) in [7, 11) is 0. The Labute approximate surface area is 287 Å². The molecule has 1 unspecified atom stereocenters. The van der Waals surface area contributed by atoms with Gasteiger partial charge in [-0.2, -0.15) is 28.5 Å². The zero-order valence-corrected chi connectivity index (χ0v) is 27.6. The standard InChI is InChI=1S/C36H38F3N7O4/c1-3-25(2)46-34(47)45(24-44-46)29-12-8-27(9-13-29)40-18-19-41-28-10-14-30(15-11-28)48-22-31-23-49-35(50-31,20-26-16-17-42-43-21-26)32-6-4-5-7-33(32)36(37,38)39/h4-17,21,24-25,31,40-41H,3,18-20,22-23H2,1-2H3/t25?,31-,35-/m1/s1. The van der Waals surface area contributed by atoms with E-state index in [4.69, 9.17) is 14.2 Å². The molecule has 14 heteroatoms.